The zero-order valence-corrected chi connectivity index (χ0v) is 39.4. The number of esters is 1. The van der Waals surface area contributed by atoms with Gasteiger partial charge in [-0.05, 0) is 19.3 Å². The number of rotatable bonds is 38. The van der Waals surface area contributed by atoms with Crippen molar-refractivity contribution >= 4 is 59.1 Å². The van der Waals surface area contributed by atoms with Gasteiger partial charge in [0.05, 0.1) is 72.5 Å². The normalized spacial score (nSPS) is 13.4. The number of carbonyl (C=O) groups is 10. The van der Waals surface area contributed by atoms with Crippen LogP contribution in [0.25, 0.3) is 0 Å². The summed E-state index contributed by atoms with van der Waals surface area (Å²) in [5.41, 5.74) is 0. The van der Waals surface area contributed by atoms with Gasteiger partial charge >= 0.3 is 5.97 Å². The second kappa shape index (κ2) is 33.8. The molecule has 2 heterocycles. The maximum atomic E-state index is 13.8. The number of imide groups is 2. The van der Waals surface area contributed by atoms with Crippen LogP contribution in [-0.2, 0) is 71.6 Å². The highest BCUT2D eigenvalue weighted by Crippen LogP contribution is 2.26. The summed E-state index contributed by atoms with van der Waals surface area (Å²) in [5, 5.41) is 13.2. The minimum absolute atomic E-state index is 0.0239. The standard InChI is InChI=1S/C45H59F4N7O16/c46-30-29-31(47)43(49)44(42(30)48)72-41(65)12-21-67-24-16-53-45(66)32(54-36(60)11-20-69-26-28-71-23-15-52-34(58)9-18-56-39(63)6-7-40(56)64)3-1-2-13-50-35(59)10-19-68-25-27-70-22-14-51-33(57)8-17-55-37(61)4-5-38(55)62/h4-7,29,32H,1-3,8-28H2,(H,50,59)(H,51,57)(H,52,58)(H,53,66)(H,54,60). The second-order valence-electron chi connectivity index (χ2n) is 15.4. The zero-order valence-electron chi connectivity index (χ0n) is 39.4. The maximum Gasteiger partial charge on any atom is 0.313 e. The Morgan fingerprint density at radius 1 is 0.472 bits per heavy atom. The smallest absolute Gasteiger partial charge is 0.313 e. The number of hydrogen-bond donors (Lipinski definition) is 5. The summed E-state index contributed by atoms with van der Waals surface area (Å²) in [6.45, 7) is 1.01. The molecule has 23 nitrogen and oxygen atoms in total. The summed E-state index contributed by atoms with van der Waals surface area (Å²) in [6, 6.07) is -1.06. The van der Waals surface area contributed by atoms with Crippen molar-refractivity contribution in [3.8, 4) is 5.75 Å². The van der Waals surface area contributed by atoms with E-state index in [9.17, 15) is 65.5 Å². The Bertz CT molecular complexity index is 2050. The first-order valence-electron chi connectivity index (χ1n) is 22.9. The average molecular weight is 1030 g/mol. The summed E-state index contributed by atoms with van der Waals surface area (Å²) >= 11 is 0. The third-order valence-corrected chi connectivity index (χ3v) is 9.93. The molecule has 0 saturated heterocycles. The number of halogens is 4. The Labute approximate surface area is 411 Å². The van der Waals surface area contributed by atoms with Crippen molar-refractivity contribution < 1.29 is 93.9 Å². The first-order chi connectivity index (χ1) is 34.6. The molecule has 0 radical (unpaired) electrons. The molecule has 5 N–H and O–H groups in total. The lowest BCUT2D eigenvalue weighted by molar-refractivity contribution is -0.139. The molecule has 0 spiro atoms. The van der Waals surface area contributed by atoms with Crippen LogP contribution in [0, 0.1) is 23.3 Å². The van der Waals surface area contributed by atoms with E-state index >= 15 is 0 Å². The molecular weight excluding hydrogens is 971 g/mol. The number of carbonyl (C=O) groups excluding carboxylic acids is 10. The van der Waals surface area contributed by atoms with Crippen LogP contribution in [0.1, 0.15) is 51.4 Å². The van der Waals surface area contributed by atoms with Crippen molar-refractivity contribution in [2.45, 2.75) is 57.4 Å². The monoisotopic (exact) mass is 1030 g/mol. The molecule has 1 aromatic carbocycles. The molecule has 72 heavy (non-hydrogen) atoms. The van der Waals surface area contributed by atoms with Gasteiger partial charge in [0.15, 0.2) is 11.6 Å². The molecule has 398 valence electrons. The number of benzene rings is 1. The fourth-order valence-electron chi connectivity index (χ4n) is 6.16. The number of hydrogen-bond acceptors (Lipinski definition) is 16. The molecule has 0 aromatic heterocycles. The molecule has 2 aliphatic heterocycles. The van der Waals surface area contributed by atoms with Gasteiger partial charge in [0.25, 0.3) is 23.6 Å². The first kappa shape index (κ1) is 59.6. The van der Waals surface area contributed by atoms with Crippen LogP contribution in [0.3, 0.4) is 0 Å². The molecule has 1 unspecified atom stereocenters. The minimum Gasteiger partial charge on any atom is -0.420 e. The van der Waals surface area contributed by atoms with E-state index in [1.54, 1.807) is 0 Å². The molecule has 0 aliphatic carbocycles. The Morgan fingerprint density at radius 2 is 0.875 bits per heavy atom. The summed E-state index contributed by atoms with van der Waals surface area (Å²) in [4.78, 5) is 122. The third-order valence-electron chi connectivity index (χ3n) is 9.93. The predicted molar refractivity (Wildman–Crippen MR) is 239 cm³/mol. The molecule has 1 aromatic rings. The van der Waals surface area contributed by atoms with E-state index in [4.69, 9.17) is 23.7 Å². The zero-order chi connectivity index (χ0) is 52.7. The molecule has 0 fully saturated rings. The second-order valence-corrected chi connectivity index (χ2v) is 15.4. The van der Waals surface area contributed by atoms with Crippen molar-refractivity contribution in [1.82, 2.24) is 36.4 Å². The van der Waals surface area contributed by atoms with Crippen molar-refractivity contribution in [3.05, 3.63) is 53.6 Å². The molecule has 27 heteroatoms. The van der Waals surface area contributed by atoms with Gasteiger partial charge in [0.2, 0.25) is 46.9 Å². The largest absolute Gasteiger partial charge is 0.420 e. The Balaban J connectivity index is 1.28. The Kier molecular flexibility index (Phi) is 28.0. The summed E-state index contributed by atoms with van der Waals surface area (Å²) in [5.74, 6) is -14.1. The molecule has 9 amide bonds. The SMILES string of the molecule is O=C(CCOCCOCCNC(=O)CCN1C(=O)C=CC1=O)NCCCCC(NC(=O)CCOCCOCCNC(=O)CCN1C(=O)C=CC1=O)C(=O)NCCOCCC(=O)Oc1c(F)c(F)cc(F)c1F. The van der Waals surface area contributed by atoms with Crippen LogP contribution < -0.4 is 31.3 Å². The van der Waals surface area contributed by atoms with Crippen LogP contribution in [0.15, 0.2) is 30.4 Å². The summed E-state index contributed by atoms with van der Waals surface area (Å²) < 4.78 is 85.7. The molecular formula is C45H59F4N7O16. The van der Waals surface area contributed by atoms with E-state index in [2.05, 4.69) is 31.3 Å². The highest BCUT2D eigenvalue weighted by Gasteiger charge is 2.26. The van der Waals surface area contributed by atoms with Crippen LogP contribution >= 0.6 is 0 Å². The number of nitrogens with zero attached hydrogens (tertiary/aromatic N) is 2. The van der Waals surface area contributed by atoms with Crippen LogP contribution in [0.2, 0.25) is 0 Å². The van der Waals surface area contributed by atoms with E-state index < -0.39 is 82.9 Å². The van der Waals surface area contributed by atoms with Gasteiger partial charge in [0, 0.05) is 95.3 Å². The topological polar surface area (TPSA) is 293 Å². The summed E-state index contributed by atoms with van der Waals surface area (Å²) in [7, 11) is 0. The van der Waals surface area contributed by atoms with Gasteiger partial charge in [-0.25, -0.2) is 8.78 Å². The molecule has 1 atom stereocenters. The van der Waals surface area contributed by atoms with Crippen LogP contribution in [0.4, 0.5) is 17.6 Å². The van der Waals surface area contributed by atoms with E-state index in [1.807, 2.05) is 0 Å². The quantitative estimate of drug-likeness (QED) is 0.0135. The molecule has 2 aliphatic rings. The lowest BCUT2D eigenvalue weighted by Crippen LogP contribution is -2.47. The van der Waals surface area contributed by atoms with Gasteiger partial charge in [-0.15, -0.1) is 0 Å². The number of amides is 9. The van der Waals surface area contributed by atoms with E-state index in [-0.39, 0.29) is 161 Å². The molecule has 3 rings (SSSR count). The average Bonchev–Trinajstić information content (AvgIpc) is 3.85. The molecule has 0 saturated carbocycles. The number of ether oxygens (including phenoxy) is 6. The molecule has 0 bridgehead atoms. The van der Waals surface area contributed by atoms with Gasteiger partial charge in [-0.1, -0.05) is 0 Å². The van der Waals surface area contributed by atoms with Crippen molar-refractivity contribution in [1.29, 1.82) is 0 Å². The van der Waals surface area contributed by atoms with E-state index in [0.717, 1.165) is 34.1 Å². The number of nitrogens with one attached hydrogen (secondary N) is 5. The first-order valence-corrected chi connectivity index (χ1v) is 22.9. The maximum absolute atomic E-state index is 13.8. The van der Waals surface area contributed by atoms with Gasteiger partial charge in [0.1, 0.15) is 6.04 Å². The van der Waals surface area contributed by atoms with E-state index in [0.29, 0.717) is 12.8 Å². The highest BCUT2D eigenvalue weighted by atomic mass is 19.2. The fraction of sp³-hybridized carbons (Fsp3) is 0.556. The lowest BCUT2D eigenvalue weighted by atomic mass is 10.1. The fourth-order valence-corrected chi connectivity index (χ4v) is 6.16. The third kappa shape index (κ3) is 23.5. The Morgan fingerprint density at radius 3 is 1.38 bits per heavy atom. The minimum atomic E-state index is -1.89. The predicted octanol–water partition coefficient (Wildman–Crippen LogP) is -0.848. The van der Waals surface area contributed by atoms with Crippen molar-refractivity contribution in [3.63, 3.8) is 0 Å². The highest BCUT2D eigenvalue weighted by molar-refractivity contribution is 6.13. The Hall–Kier alpha value is -6.68. The summed E-state index contributed by atoms with van der Waals surface area (Å²) in [6.07, 6.45) is 4.79. The van der Waals surface area contributed by atoms with Crippen LogP contribution in [-0.4, -0.2) is 180 Å². The van der Waals surface area contributed by atoms with Crippen molar-refractivity contribution in [2.75, 3.05) is 105 Å². The van der Waals surface area contributed by atoms with Gasteiger partial charge < -0.3 is 55.0 Å². The van der Waals surface area contributed by atoms with Gasteiger partial charge in [-0.3, -0.25) is 57.7 Å². The lowest BCUT2D eigenvalue weighted by Gasteiger charge is -2.19. The van der Waals surface area contributed by atoms with Crippen LogP contribution in [0.5, 0.6) is 5.75 Å². The van der Waals surface area contributed by atoms with Crippen molar-refractivity contribution in [2.24, 2.45) is 0 Å². The van der Waals surface area contributed by atoms with Gasteiger partial charge in [-0.2, -0.15) is 8.78 Å². The van der Waals surface area contributed by atoms with E-state index in [1.165, 1.54) is 0 Å². The number of unbranched alkanes of at least 4 members (excludes halogenated alkanes) is 1.